The molecule has 118 valence electrons. The Balaban J connectivity index is 1.70. The number of nitrogens with one attached hydrogen (secondary N) is 1. The molecule has 0 aliphatic heterocycles. The van der Waals surface area contributed by atoms with E-state index in [9.17, 15) is 9.59 Å². The zero-order valence-electron chi connectivity index (χ0n) is 12.7. The molecule has 7 heteroatoms. The predicted octanol–water partition coefficient (Wildman–Crippen LogP) is 2.40. The van der Waals surface area contributed by atoms with Crippen molar-refractivity contribution in [2.75, 3.05) is 5.32 Å². The van der Waals surface area contributed by atoms with Crippen LogP contribution in [0.5, 0.6) is 0 Å². The van der Waals surface area contributed by atoms with Crippen molar-refractivity contribution in [1.29, 1.82) is 0 Å². The highest BCUT2D eigenvalue weighted by atomic mass is 16.4. The molecule has 3 heterocycles. The van der Waals surface area contributed by atoms with E-state index in [1.165, 1.54) is 6.07 Å². The number of para-hydroxylation sites is 1. The van der Waals surface area contributed by atoms with E-state index in [0.717, 1.165) is 0 Å². The van der Waals surface area contributed by atoms with Gasteiger partial charge in [0.25, 0.3) is 5.91 Å². The van der Waals surface area contributed by atoms with Crippen LogP contribution in [0.3, 0.4) is 0 Å². The van der Waals surface area contributed by atoms with Crippen LogP contribution in [0.1, 0.15) is 16.2 Å². The van der Waals surface area contributed by atoms with Crippen molar-refractivity contribution in [2.45, 2.75) is 6.92 Å². The fraction of sp³-hybridized carbons (Fsp3) is 0.0588. The number of carbonyl (C=O) groups excluding carboxylic acids is 1. The molecule has 1 aromatic carbocycles. The lowest BCUT2D eigenvalue weighted by molar-refractivity contribution is 0.102. The fourth-order valence-electron chi connectivity index (χ4n) is 2.49. The summed E-state index contributed by atoms with van der Waals surface area (Å²) in [4.78, 5) is 28.6. The number of hydrogen-bond donors (Lipinski definition) is 1. The van der Waals surface area contributed by atoms with E-state index in [1.807, 2.05) is 6.07 Å². The van der Waals surface area contributed by atoms with Gasteiger partial charge in [0.15, 0.2) is 5.65 Å². The number of carbonyl (C=O) groups is 1. The number of aryl methyl sites for hydroxylation is 1. The van der Waals surface area contributed by atoms with Crippen molar-refractivity contribution >= 4 is 28.2 Å². The van der Waals surface area contributed by atoms with E-state index < -0.39 is 11.5 Å². The molecule has 4 aromatic rings. The molecular formula is C17H12N4O3. The monoisotopic (exact) mass is 320 g/mol. The molecule has 0 saturated carbocycles. The molecule has 0 aliphatic carbocycles. The summed E-state index contributed by atoms with van der Waals surface area (Å²) in [5.74, 6) is 0.0966. The standard InChI is InChI=1S/C17H12N4O3/c1-10-18-15-7-6-12(9-21(15)20-10)19-16(22)13-8-11-4-2-3-5-14(11)24-17(13)23/h2-9H,1H3,(H,19,22). The highest BCUT2D eigenvalue weighted by Gasteiger charge is 2.14. The molecule has 1 N–H and O–H groups in total. The number of rotatable bonds is 2. The molecule has 24 heavy (non-hydrogen) atoms. The minimum Gasteiger partial charge on any atom is -0.422 e. The Labute approximate surface area is 135 Å². The summed E-state index contributed by atoms with van der Waals surface area (Å²) in [6.07, 6.45) is 1.63. The van der Waals surface area contributed by atoms with Crippen LogP contribution in [0, 0.1) is 6.92 Å². The summed E-state index contributed by atoms with van der Waals surface area (Å²) in [6.45, 7) is 1.78. The molecule has 0 fully saturated rings. The average Bonchev–Trinajstić information content (AvgIpc) is 2.93. The summed E-state index contributed by atoms with van der Waals surface area (Å²) in [7, 11) is 0. The van der Waals surface area contributed by atoms with Crippen molar-refractivity contribution < 1.29 is 9.21 Å². The first-order valence-electron chi connectivity index (χ1n) is 7.27. The second kappa shape index (κ2) is 5.31. The SMILES string of the molecule is Cc1nc2ccc(NC(=O)c3cc4ccccc4oc3=O)cn2n1. The van der Waals surface area contributed by atoms with Gasteiger partial charge >= 0.3 is 5.63 Å². The van der Waals surface area contributed by atoms with Gasteiger partial charge in [0, 0.05) is 5.39 Å². The van der Waals surface area contributed by atoms with Crippen LogP contribution in [0.4, 0.5) is 5.69 Å². The lowest BCUT2D eigenvalue weighted by atomic mass is 10.2. The maximum Gasteiger partial charge on any atom is 0.349 e. The summed E-state index contributed by atoms with van der Waals surface area (Å²) < 4.78 is 6.74. The normalized spacial score (nSPS) is 11.0. The number of pyridine rings is 1. The number of amides is 1. The third kappa shape index (κ3) is 2.41. The summed E-state index contributed by atoms with van der Waals surface area (Å²) in [5.41, 5.74) is 0.895. The zero-order valence-corrected chi connectivity index (χ0v) is 12.7. The van der Waals surface area contributed by atoms with Gasteiger partial charge in [0.05, 0.1) is 11.9 Å². The van der Waals surface area contributed by atoms with Crippen molar-refractivity contribution in [2.24, 2.45) is 0 Å². The van der Waals surface area contributed by atoms with Crippen molar-refractivity contribution in [3.63, 3.8) is 0 Å². The van der Waals surface area contributed by atoms with Crippen LogP contribution in [-0.2, 0) is 0 Å². The second-order valence-corrected chi connectivity index (χ2v) is 5.32. The van der Waals surface area contributed by atoms with Crippen LogP contribution in [-0.4, -0.2) is 20.5 Å². The number of fused-ring (bicyclic) bond motifs is 2. The molecule has 4 rings (SSSR count). The first kappa shape index (κ1) is 14.1. The average molecular weight is 320 g/mol. The molecule has 0 atom stereocenters. The van der Waals surface area contributed by atoms with Crippen molar-refractivity contribution in [1.82, 2.24) is 14.6 Å². The number of hydrogen-bond acceptors (Lipinski definition) is 5. The second-order valence-electron chi connectivity index (χ2n) is 5.32. The Hall–Kier alpha value is -3.48. The van der Waals surface area contributed by atoms with Gasteiger partial charge in [-0.1, -0.05) is 18.2 Å². The van der Waals surface area contributed by atoms with Gasteiger partial charge < -0.3 is 9.73 Å². The lowest BCUT2D eigenvalue weighted by Gasteiger charge is -2.05. The van der Waals surface area contributed by atoms with E-state index in [-0.39, 0.29) is 5.56 Å². The molecule has 0 bridgehead atoms. The van der Waals surface area contributed by atoms with E-state index in [4.69, 9.17) is 4.42 Å². The Kier molecular flexibility index (Phi) is 3.13. The Bertz CT molecular complexity index is 1140. The number of benzene rings is 1. The maximum absolute atomic E-state index is 12.4. The third-order valence-electron chi connectivity index (χ3n) is 3.58. The Morgan fingerprint density at radius 2 is 2.04 bits per heavy atom. The van der Waals surface area contributed by atoms with Crippen LogP contribution < -0.4 is 10.9 Å². The smallest absolute Gasteiger partial charge is 0.349 e. The minimum atomic E-state index is -0.677. The topological polar surface area (TPSA) is 89.5 Å². The molecule has 0 unspecified atom stereocenters. The van der Waals surface area contributed by atoms with Gasteiger partial charge in [-0.25, -0.2) is 14.3 Å². The van der Waals surface area contributed by atoms with Crippen molar-refractivity contribution in [3.8, 4) is 0 Å². The van der Waals surface area contributed by atoms with Gasteiger partial charge in [0.2, 0.25) is 0 Å². The number of aromatic nitrogens is 3. The quantitative estimate of drug-likeness (QED) is 0.573. The maximum atomic E-state index is 12.4. The van der Waals surface area contributed by atoms with Gasteiger partial charge in [-0.2, -0.15) is 5.10 Å². The first-order valence-corrected chi connectivity index (χ1v) is 7.27. The van der Waals surface area contributed by atoms with Crippen LogP contribution in [0.15, 0.2) is 57.9 Å². The van der Waals surface area contributed by atoms with E-state index in [1.54, 1.807) is 48.0 Å². The van der Waals surface area contributed by atoms with Gasteiger partial charge in [0.1, 0.15) is 17.0 Å². The minimum absolute atomic E-state index is 0.0523. The largest absolute Gasteiger partial charge is 0.422 e. The summed E-state index contributed by atoms with van der Waals surface area (Å²) in [5, 5.41) is 7.55. The molecule has 3 aromatic heterocycles. The third-order valence-corrected chi connectivity index (χ3v) is 3.58. The highest BCUT2D eigenvalue weighted by Crippen LogP contribution is 2.14. The van der Waals surface area contributed by atoms with E-state index in [2.05, 4.69) is 15.4 Å². The number of nitrogens with zero attached hydrogens (tertiary/aromatic N) is 3. The molecule has 0 aliphatic rings. The zero-order chi connectivity index (χ0) is 16.7. The Morgan fingerprint density at radius 3 is 2.92 bits per heavy atom. The Morgan fingerprint density at radius 1 is 1.21 bits per heavy atom. The van der Waals surface area contributed by atoms with Gasteiger partial charge in [-0.3, -0.25) is 4.79 Å². The predicted molar refractivity (Wildman–Crippen MR) is 88.2 cm³/mol. The molecule has 1 amide bonds. The lowest BCUT2D eigenvalue weighted by Crippen LogP contribution is -2.20. The molecule has 7 nitrogen and oxygen atoms in total. The molecule has 0 spiro atoms. The van der Waals surface area contributed by atoms with Crippen molar-refractivity contribution in [3.05, 3.63) is 70.5 Å². The van der Waals surface area contributed by atoms with Gasteiger partial charge in [-0.05, 0) is 31.2 Å². The van der Waals surface area contributed by atoms with Crippen LogP contribution in [0.2, 0.25) is 0 Å². The highest BCUT2D eigenvalue weighted by molar-refractivity contribution is 6.05. The fourth-order valence-corrected chi connectivity index (χ4v) is 2.49. The van der Waals surface area contributed by atoms with E-state index in [0.29, 0.717) is 28.1 Å². The van der Waals surface area contributed by atoms with Gasteiger partial charge in [-0.15, -0.1) is 0 Å². The molecule has 0 saturated heterocycles. The van der Waals surface area contributed by atoms with Crippen LogP contribution in [0.25, 0.3) is 16.6 Å². The summed E-state index contributed by atoms with van der Waals surface area (Å²) >= 11 is 0. The number of anilines is 1. The molecular weight excluding hydrogens is 308 g/mol. The van der Waals surface area contributed by atoms with E-state index >= 15 is 0 Å². The molecule has 0 radical (unpaired) electrons. The first-order chi connectivity index (χ1) is 11.6. The van der Waals surface area contributed by atoms with Crippen LogP contribution >= 0.6 is 0 Å². The summed E-state index contributed by atoms with van der Waals surface area (Å²) in [6, 6.07) is 12.0.